The van der Waals surface area contributed by atoms with Crippen molar-refractivity contribution in [3.05, 3.63) is 45.8 Å². The van der Waals surface area contributed by atoms with Crippen LogP contribution in [0.25, 0.3) is 0 Å². The van der Waals surface area contributed by atoms with Gasteiger partial charge in [0.25, 0.3) is 0 Å². The molecule has 0 unspecified atom stereocenters. The van der Waals surface area contributed by atoms with Gasteiger partial charge < -0.3 is 15.4 Å². The van der Waals surface area contributed by atoms with Crippen LogP contribution in [0.3, 0.4) is 0 Å². The fourth-order valence-corrected chi connectivity index (χ4v) is 4.48. The first kappa shape index (κ1) is 18.7. The van der Waals surface area contributed by atoms with Crippen molar-refractivity contribution in [1.29, 1.82) is 0 Å². The highest BCUT2D eigenvalue weighted by Gasteiger charge is 2.26. The molecule has 0 saturated carbocycles. The Morgan fingerprint density at radius 3 is 2.81 bits per heavy atom. The lowest BCUT2D eigenvalue weighted by Crippen LogP contribution is -2.21. The number of carbonyl (C=O) groups excluding carboxylic acids is 1. The Balaban J connectivity index is 1.84. The molecule has 1 aliphatic carbocycles. The zero-order chi connectivity index (χ0) is 18.7. The van der Waals surface area contributed by atoms with Crippen molar-refractivity contribution in [2.75, 3.05) is 17.2 Å². The smallest absolute Gasteiger partial charge is 0.341 e. The number of esters is 1. The van der Waals surface area contributed by atoms with Crippen LogP contribution in [0.2, 0.25) is 0 Å². The summed E-state index contributed by atoms with van der Waals surface area (Å²) in [6, 6.07) is 3.08. The lowest BCUT2D eigenvalue weighted by Gasteiger charge is -2.13. The normalized spacial score (nSPS) is 13.0. The van der Waals surface area contributed by atoms with Gasteiger partial charge in [0.1, 0.15) is 16.6 Å². The van der Waals surface area contributed by atoms with E-state index < -0.39 is 17.6 Å². The van der Waals surface area contributed by atoms with Crippen molar-refractivity contribution in [2.45, 2.75) is 32.6 Å². The molecule has 2 N–H and O–H groups in total. The minimum Gasteiger partial charge on any atom is -0.462 e. The van der Waals surface area contributed by atoms with Gasteiger partial charge in [-0.25, -0.2) is 13.6 Å². The van der Waals surface area contributed by atoms with Crippen LogP contribution in [0.15, 0.2) is 18.2 Å². The van der Waals surface area contributed by atoms with Crippen LogP contribution in [0.1, 0.15) is 40.6 Å². The maximum Gasteiger partial charge on any atom is 0.341 e. The molecule has 26 heavy (non-hydrogen) atoms. The van der Waals surface area contributed by atoms with E-state index in [9.17, 15) is 13.6 Å². The second-order valence-corrected chi connectivity index (χ2v) is 7.35. The van der Waals surface area contributed by atoms with Crippen molar-refractivity contribution in [3.63, 3.8) is 0 Å². The van der Waals surface area contributed by atoms with Gasteiger partial charge in [-0.3, -0.25) is 0 Å². The molecule has 8 heteroatoms. The van der Waals surface area contributed by atoms with E-state index in [2.05, 4.69) is 10.6 Å². The summed E-state index contributed by atoms with van der Waals surface area (Å²) < 4.78 is 32.3. The van der Waals surface area contributed by atoms with Gasteiger partial charge in [-0.05, 0) is 62.5 Å². The number of hydrogen-bond donors (Lipinski definition) is 2. The summed E-state index contributed by atoms with van der Waals surface area (Å²) in [6.07, 6.45) is 3.83. The highest BCUT2D eigenvalue weighted by atomic mass is 32.1. The van der Waals surface area contributed by atoms with Crippen LogP contribution >= 0.6 is 23.6 Å². The van der Waals surface area contributed by atoms with Crippen molar-refractivity contribution in [2.24, 2.45) is 0 Å². The molecule has 0 radical (unpaired) electrons. The molecule has 3 rings (SSSR count). The predicted molar refractivity (Wildman–Crippen MR) is 103 cm³/mol. The third-order valence-electron chi connectivity index (χ3n) is 4.05. The fourth-order valence-electron chi connectivity index (χ4n) is 2.92. The zero-order valence-corrected chi connectivity index (χ0v) is 15.8. The number of fused-ring (bicyclic) bond motifs is 1. The van der Waals surface area contributed by atoms with Crippen molar-refractivity contribution < 1.29 is 18.3 Å². The molecule has 0 bridgehead atoms. The summed E-state index contributed by atoms with van der Waals surface area (Å²) in [5, 5.41) is 6.24. The molecule has 0 atom stereocenters. The molecular weight excluding hydrogens is 378 g/mol. The number of halogens is 2. The lowest BCUT2D eigenvalue weighted by atomic mass is 9.95. The van der Waals surface area contributed by atoms with Crippen molar-refractivity contribution in [3.8, 4) is 0 Å². The van der Waals surface area contributed by atoms with E-state index in [0.717, 1.165) is 54.3 Å². The van der Waals surface area contributed by atoms with E-state index in [1.165, 1.54) is 11.3 Å². The summed E-state index contributed by atoms with van der Waals surface area (Å²) in [6.45, 7) is 2.03. The Hall–Kier alpha value is -2.06. The van der Waals surface area contributed by atoms with Gasteiger partial charge in [0.15, 0.2) is 5.11 Å². The van der Waals surface area contributed by atoms with Gasteiger partial charge in [-0.1, -0.05) is 0 Å². The second-order valence-electron chi connectivity index (χ2n) is 5.84. The molecule has 0 amide bonds. The molecule has 1 aliphatic rings. The quantitative estimate of drug-likeness (QED) is 0.569. The molecule has 2 aromatic rings. The fraction of sp³-hybridized carbons (Fsp3) is 0.333. The number of nitrogens with one attached hydrogen (secondary N) is 2. The second kappa shape index (κ2) is 8.09. The Kier molecular flexibility index (Phi) is 5.83. The molecule has 0 spiro atoms. The minimum atomic E-state index is -0.619. The van der Waals surface area contributed by atoms with Gasteiger partial charge in [0.05, 0.1) is 17.9 Å². The van der Waals surface area contributed by atoms with Crippen LogP contribution in [0, 0.1) is 11.6 Å². The number of aryl methyl sites for hydroxylation is 1. The number of carbonyl (C=O) groups is 1. The summed E-state index contributed by atoms with van der Waals surface area (Å²) in [5.74, 6) is -1.59. The standard InChI is InChI=1S/C18H18F2N2O2S2/c1-2-24-17(23)15-11-5-3-4-6-14(11)26-16(15)22-18(25)21-13-9-10(19)7-8-12(13)20/h7-9H,2-6H2,1H3,(H2,21,22,25). The summed E-state index contributed by atoms with van der Waals surface area (Å²) in [4.78, 5) is 13.5. The summed E-state index contributed by atoms with van der Waals surface area (Å²) in [7, 11) is 0. The summed E-state index contributed by atoms with van der Waals surface area (Å²) >= 11 is 6.67. The van der Waals surface area contributed by atoms with Gasteiger partial charge in [-0.15, -0.1) is 11.3 Å². The Labute approximate surface area is 159 Å². The van der Waals surface area contributed by atoms with Gasteiger partial charge in [-0.2, -0.15) is 0 Å². The highest BCUT2D eigenvalue weighted by Crippen LogP contribution is 2.38. The first-order chi connectivity index (χ1) is 12.5. The molecule has 4 nitrogen and oxygen atoms in total. The zero-order valence-electron chi connectivity index (χ0n) is 14.2. The first-order valence-corrected chi connectivity index (χ1v) is 9.56. The van der Waals surface area contributed by atoms with Crippen LogP contribution in [0.4, 0.5) is 19.5 Å². The number of ether oxygens (including phenoxy) is 1. The molecule has 1 aromatic heterocycles. The number of thiocarbonyl (C=S) groups is 1. The van der Waals surface area contributed by atoms with E-state index in [0.29, 0.717) is 10.6 Å². The third-order valence-corrected chi connectivity index (χ3v) is 5.47. The molecule has 1 heterocycles. The van der Waals surface area contributed by atoms with E-state index >= 15 is 0 Å². The van der Waals surface area contributed by atoms with Crippen molar-refractivity contribution in [1.82, 2.24) is 0 Å². The number of thiophene rings is 1. The SMILES string of the molecule is CCOC(=O)c1c(NC(=S)Nc2cc(F)ccc2F)sc2c1CCCC2. The Morgan fingerprint density at radius 1 is 1.27 bits per heavy atom. The van der Waals surface area contributed by atoms with Gasteiger partial charge >= 0.3 is 5.97 Å². The largest absolute Gasteiger partial charge is 0.462 e. The number of benzene rings is 1. The Bertz CT molecular complexity index is 852. The molecule has 1 aromatic carbocycles. The maximum absolute atomic E-state index is 13.8. The van der Waals surface area contributed by atoms with Crippen molar-refractivity contribution >= 4 is 45.3 Å². The lowest BCUT2D eigenvalue weighted by molar-refractivity contribution is 0.0526. The summed E-state index contributed by atoms with van der Waals surface area (Å²) in [5.41, 5.74) is 1.43. The van der Waals surface area contributed by atoms with Crippen LogP contribution in [-0.4, -0.2) is 17.7 Å². The van der Waals surface area contributed by atoms with Gasteiger partial charge in [0.2, 0.25) is 0 Å². The Morgan fingerprint density at radius 2 is 2.04 bits per heavy atom. The molecule has 0 fully saturated rings. The van der Waals surface area contributed by atoms with E-state index in [1.807, 2.05) is 0 Å². The van der Waals surface area contributed by atoms with E-state index in [-0.39, 0.29) is 17.4 Å². The molecular formula is C18H18F2N2O2S2. The number of rotatable bonds is 4. The number of anilines is 2. The average molecular weight is 396 g/mol. The van der Waals surface area contributed by atoms with Gasteiger partial charge in [0, 0.05) is 10.9 Å². The van der Waals surface area contributed by atoms with Crippen LogP contribution in [0.5, 0.6) is 0 Å². The monoisotopic (exact) mass is 396 g/mol. The predicted octanol–water partition coefficient (Wildman–Crippen LogP) is 4.89. The molecule has 0 aliphatic heterocycles. The topological polar surface area (TPSA) is 50.4 Å². The first-order valence-electron chi connectivity index (χ1n) is 8.34. The maximum atomic E-state index is 13.8. The minimum absolute atomic E-state index is 0.0681. The van der Waals surface area contributed by atoms with E-state index in [4.69, 9.17) is 17.0 Å². The highest BCUT2D eigenvalue weighted by molar-refractivity contribution is 7.80. The van der Waals surface area contributed by atoms with Crippen LogP contribution in [-0.2, 0) is 17.6 Å². The van der Waals surface area contributed by atoms with Crippen LogP contribution < -0.4 is 10.6 Å². The molecule has 0 saturated heterocycles. The van der Waals surface area contributed by atoms with E-state index in [1.54, 1.807) is 6.92 Å². The third kappa shape index (κ3) is 4.02. The number of hydrogen-bond acceptors (Lipinski definition) is 4. The molecule has 138 valence electrons. The average Bonchev–Trinajstić information content (AvgIpc) is 2.96.